The molecule has 0 saturated heterocycles. The average Bonchev–Trinajstić information content (AvgIpc) is 2.86. The molecule has 3 aromatic rings. The van der Waals surface area contributed by atoms with Crippen LogP contribution < -0.4 is 5.32 Å². The summed E-state index contributed by atoms with van der Waals surface area (Å²) in [4.78, 5) is 27.1. The summed E-state index contributed by atoms with van der Waals surface area (Å²) in [6, 6.07) is 26.0. The lowest BCUT2D eigenvalue weighted by Gasteiger charge is -2.31. The highest BCUT2D eigenvalue weighted by Crippen LogP contribution is 2.21. The van der Waals surface area contributed by atoms with Crippen LogP contribution in [0.4, 0.5) is 0 Å². The molecule has 2 amide bonds. The summed E-state index contributed by atoms with van der Waals surface area (Å²) in [7, 11) is 0. The Morgan fingerprint density at radius 2 is 1.62 bits per heavy atom. The van der Waals surface area contributed by atoms with Gasteiger partial charge in [0.15, 0.2) is 0 Å². The van der Waals surface area contributed by atoms with Gasteiger partial charge in [-0.2, -0.15) is 0 Å². The van der Waals surface area contributed by atoms with Gasteiger partial charge in [-0.25, -0.2) is 0 Å². The first-order chi connectivity index (χ1) is 15.5. The summed E-state index contributed by atoms with van der Waals surface area (Å²) in [5.41, 5.74) is 5.47. The van der Waals surface area contributed by atoms with E-state index in [4.69, 9.17) is 0 Å². The fourth-order valence-corrected chi connectivity index (χ4v) is 4.07. The first-order valence-corrected chi connectivity index (χ1v) is 11.0. The van der Waals surface area contributed by atoms with E-state index < -0.39 is 17.9 Å². The predicted octanol–water partition coefficient (Wildman–Crippen LogP) is 3.55. The molecule has 0 spiro atoms. The topological polar surface area (TPSA) is 69.6 Å². The van der Waals surface area contributed by atoms with E-state index in [1.807, 2.05) is 72.8 Å². The molecule has 0 bridgehead atoms. The number of hydrogen-bond donors (Lipinski definition) is 2. The molecule has 0 unspecified atom stereocenters. The maximum absolute atomic E-state index is 12.8. The second-order valence-corrected chi connectivity index (χ2v) is 8.30. The van der Waals surface area contributed by atoms with Crippen molar-refractivity contribution in [3.63, 3.8) is 0 Å². The van der Waals surface area contributed by atoms with Gasteiger partial charge in [0.25, 0.3) is 5.91 Å². The molecule has 0 fully saturated rings. The summed E-state index contributed by atoms with van der Waals surface area (Å²) >= 11 is 0. The summed E-state index contributed by atoms with van der Waals surface area (Å²) in [6.45, 7) is 2.94. The molecule has 1 aliphatic rings. The average molecular weight is 429 g/mol. The van der Waals surface area contributed by atoms with Gasteiger partial charge < -0.3 is 15.3 Å². The molecule has 0 aromatic heterocycles. The monoisotopic (exact) mass is 428 g/mol. The zero-order valence-corrected chi connectivity index (χ0v) is 18.2. The van der Waals surface area contributed by atoms with E-state index in [-0.39, 0.29) is 5.91 Å². The van der Waals surface area contributed by atoms with Gasteiger partial charge in [-0.15, -0.1) is 0 Å². The van der Waals surface area contributed by atoms with Crippen LogP contribution in [0.15, 0.2) is 78.9 Å². The number of fused-ring (bicyclic) bond motifs is 1. The molecule has 2 atom stereocenters. The van der Waals surface area contributed by atoms with Crippen LogP contribution in [0, 0.1) is 5.92 Å². The van der Waals surface area contributed by atoms with Crippen molar-refractivity contribution in [3.05, 3.63) is 95.6 Å². The molecule has 32 heavy (non-hydrogen) atoms. The number of nitrogens with one attached hydrogen (secondary N) is 1. The van der Waals surface area contributed by atoms with E-state index in [2.05, 4.69) is 11.4 Å². The van der Waals surface area contributed by atoms with E-state index in [1.54, 1.807) is 11.8 Å². The van der Waals surface area contributed by atoms with Crippen molar-refractivity contribution in [1.29, 1.82) is 0 Å². The van der Waals surface area contributed by atoms with E-state index in [1.165, 1.54) is 5.56 Å². The summed E-state index contributed by atoms with van der Waals surface area (Å²) < 4.78 is 0. The van der Waals surface area contributed by atoms with Crippen LogP contribution in [0.25, 0.3) is 11.1 Å². The van der Waals surface area contributed by atoms with Crippen molar-refractivity contribution in [2.75, 3.05) is 6.54 Å². The molecule has 164 valence electrons. The Labute approximate surface area is 188 Å². The van der Waals surface area contributed by atoms with Crippen LogP contribution in [0.3, 0.4) is 0 Å². The first-order valence-electron chi connectivity index (χ1n) is 11.0. The summed E-state index contributed by atoms with van der Waals surface area (Å²) in [5, 5.41) is 13.5. The lowest BCUT2D eigenvalue weighted by Crippen LogP contribution is -2.47. The van der Waals surface area contributed by atoms with Gasteiger partial charge >= 0.3 is 0 Å². The smallest absolute Gasteiger partial charge is 0.252 e. The second kappa shape index (κ2) is 9.79. The molecule has 0 radical (unpaired) electrons. The number of rotatable bonds is 6. The zero-order valence-electron chi connectivity index (χ0n) is 18.2. The molecule has 3 aromatic carbocycles. The Kier molecular flexibility index (Phi) is 6.66. The van der Waals surface area contributed by atoms with Crippen LogP contribution >= 0.6 is 0 Å². The molecule has 4 rings (SSSR count). The second-order valence-electron chi connectivity index (χ2n) is 8.30. The number of benzene rings is 3. The summed E-state index contributed by atoms with van der Waals surface area (Å²) in [5.74, 6) is -1.57. The number of carbonyl (C=O) groups is 2. The van der Waals surface area contributed by atoms with Gasteiger partial charge in [-0.3, -0.25) is 9.59 Å². The van der Waals surface area contributed by atoms with E-state index >= 15 is 0 Å². The van der Waals surface area contributed by atoms with Crippen molar-refractivity contribution >= 4 is 11.8 Å². The highest BCUT2D eigenvalue weighted by molar-refractivity contribution is 5.89. The molecular formula is C27H28N2O3. The van der Waals surface area contributed by atoms with Gasteiger partial charge in [0.2, 0.25) is 5.91 Å². The third-order valence-corrected chi connectivity index (χ3v) is 6.08. The molecule has 5 heteroatoms. The first kappa shape index (κ1) is 21.8. The Morgan fingerprint density at radius 3 is 2.41 bits per heavy atom. The molecular weight excluding hydrogens is 400 g/mol. The number of aliphatic hydroxyl groups excluding tert-OH is 1. The standard InChI is InChI=1S/C27H28N2O3/c1-19(25(30)27(32)29-15-14-22-11-5-6-12-24(22)18-29)26(31)28-17-20-8-7-13-23(16-20)21-9-3-2-4-10-21/h2-13,16,19,25,30H,14-15,17-18H2,1H3,(H,28,31)/t19-,25-/m1/s1. The van der Waals surface area contributed by atoms with E-state index in [0.29, 0.717) is 19.6 Å². The Balaban J connectivity index is 1.34. The Hall–Kier alpha value is -3.44. The normalized spacial score (nSPS) is 14.9. The molecule has 2 N–H and O–H groups in total. The van der Waals surface area contributed by atoms with Crippen molar-refractivity contribution < 1.29 is 14.7 Å². The van der Waals surface area contributed by atoms with Crippen LogP contribution in [0.5, 0.6) is 0 Å². The zero-order chi connectivity index (χ0) is 22.5. The fraction of sp³-hybridized carbons (Fsp3) is 0.259. The highest BCUT2D eigenvalue weighted by Gasteiger charge is 2.32. The maximum Gasteiger partial charge on any atom is 0.252 e. The van der Waals surface area contributed by atoms with Crippen molar-refractivity contribution in [3.8, 4) is 11.1 Å². The molecule has 0 aliphatic carbocycles. The third kappa shape index (κ3) is 4.89. The van der Waals surface area contributed by atoms with Gasteiger partial charge in [-0.05, 0) is 40.3 Å². The lowest BCUT2D eigenvalue weighted by atomic mass is 9.97. The van der Waals surface area contributed by atoms with Gasteiger partial charge in [0.05, 0.1) is 5.92 Å². The molecule has 1 heterocycles. The number of amides is 2. The molecule has 1 aliphatic heterocycles. The maximum atomic E-state index is 12.8. The van der Waals surface area contributed by atoms with Crippen LogP contribution in [0.2, 0.25) is 0 Å². The van der Waals surface area contributed by atoms with E-state index in [9.17, 15) is 14.7 Å². The highest BCUT2D eigenvalue weighted by atomic mass is 16.3. The van der Waals surface area contributed by atoms with Crippen LogP contribution in [0.1, 0.15) is 23.6 Å². The van der Waals surface area contributed by atoms with Crippen LogP contribution in [-0.4, -0.2) is 34.5 Å². The van der Waals surface area contributed by atoms with Crippen molar-refractivity contribution in [2.45, 2.75) is 32.5 Å². The third-order valence-electron chi connectivity index (χ3n) is 6.08. The number of carbonyl (C=O) groups excluding carboxylic acids is 2. The minimum absolute atomic E-state index is 0.335. The quantitative estimate of drug-likeness (QED) is 0.631. The van der Waals surface area contributed by atoms with Crippen LogP contribution in [-0.2, 0) is 29.1 Å². The van der Waals surface area contributed by atoms with E-state index in [0.717, 1.165) is 28.7 Å². The van der Waals surface area contributed by atoms with Gasteiger partial charge in [0.1, 0.15) is 6.10 Å². The van der Waals surface area contributed by atoms with Crippen molar-refractivity contribution in [2.24, 2.45) is 5.92 Å². The molecule has 5 nitrogen and oxygen atoms in total. The van der Waals surface area contributed by atoms with Gasteiger partial charge in [0, 0.05) is 19.6 Å². The Morgan fingerprint density at radius 1 is 0.938 bits per heavy atom. The number of nitrogens with zero attached hydrogens (tertiary/aromatic N) is 1. The Bertz CT molecular complexity index is 1100. The molecule has 0 saturated carbocycles. The fourth-order valence-electron chi connectivity index (χ4n) is 4.07. The largest absolute Gasteiger partial charge is 0.382 e. The number of hydrogen-bond acceptors (Lipinski definition) is 3. The minimum Gasteiger partial charge on any atom is -0.382 e. The SMILES string of the molecule is C[C@@H](C(=O)NCc1cccc(-c2ccccc2)c1)[C@@H](O)C(=O)N1CCc2ccccc2C1. The van der Waals surface area contributed by atoms with Gasteiger partial charge in [-0.1, -0.05) is 79.7 Å². The summed E-state index contributed by atoms with van der Waals surface area (Å²) in [6.07, 6.45) is -0.608. The lowest BCUT2D eigenvalue weighted by molar-refractivity contribution is -0.148. The predicted molar refractivity (Wildman–Crippen MR) is 124 cm³/mol. The van der Waals surface area contributed by atoms with Crippen molar-refractivity contribution in [1.82, 2.24) is 10.2 Å². The number of aliphatic hydroxyl groups is 1. The minimum atomic E-state index is -1.36.